The second-order valence-electron chi connectivity index (χ2n) is 15.7. The van der Waals surface area contributed by atoms with Crippen LogP contribution in [0.4, 0.5) is 0 Å². The molecule has 4 fully saturated rings. The third-order valence-electron chi connectivity index (χ3n) is 12.5. The summed E-state index contributed by atoms with van der Waals surface area (Å²) in [5.74, 6) is -1.46. The number of hydrogen-bond acceptors (Lipinski definition) is 7. The van der Waals surface area contributed by atoms with Gasteiger partial charge >= 0.3 is 0 Å². The minimum absolute atomic E-state index is 0.0340. The number of carbonyl (C=O) groups is 1. The first-order valence-electron chi connectivity index (χ1n) is 16.0. The molecule has 1 heterocycles. The summed E-state index contributed by atoms with van der Waals surface area (Å²) in [6.45, 7) is 12.0. The van der Waals surface area contributed by atoms with Gasteiger partial charge in [0.15, 0.2) is 11.6 Å². The quantitative estimate of drug-likeness (QED) is 0.395. The number of benzene rings is 1. The number of fused-ring (bicyclic) bond motifs is 5. The standard InChI is InChI=1S/C35H50O7/c1-30(2,39)15-14-29-33(5,42-34(6,41-29)21-10-8-7-9-11-21)28-13-17-35(40)23-18-25(36)24-19-26(37)27(38)20-31(24,3)22(23)12-16-32(28,35)4/h7-11,18,22,24,26-29,37-40H,12-17,19-20H2,1-6H3/t22?,24-,26+,27-,28-,29+,31+,32+,33+,34?,35+/m0/s1. The van der Waals surface area contributed by atoms with Crippen LogP contribution in [0, 0.1) is 28.6 Å². The van der Waals surface area contributed by atoms with Crippen molar-refractivity contribution < 1.29 is 34.7 Å². The van der Waals surface area contributed by atoms with Gasteiger partial charge in [0.2, 0.25) is 0 Å². The maximum atomic E-state index is 13.6. The molecule has 0 spiro atoms. The van der Waals surface area contributed by atoms with Crippen LogP contribution in [-0.4, -0.2) is 61.3 Å². The Labute approximate surface area is 250 Å². The summed E-state index contributed by atoms with van der Waals surface area (Å²) >= 11 is 0. The fraction of sp³-hybridized carbons (Fsp3) is 0.743. The molecule has 1 saturated heterocycles. The molecule has 1 aromatic rings. The van der Waals surface area contributed by atoms with Crippen molar-refractivity contribution in [2.24, 2.45) is 28.6 Å². The van der Waals surface area contributed by atoms with E-state index in [-0.39, 0.29) is 36.1 Å². The molecule has 7 heteroatoms. The van der Waals surface area contributed by atoms with Gasteiger partial charge in [-0.05, 0) is 108 Å². The van der Waals surface area contributed by atoms with Gasteiger partial charge in [-0.3, -0.25) is 4.79 Å². The van der Waals surface area contributed by atoms with E-state index >= 15 is 0 Å². The maximum Gasteiger partial charge on any atom is 0.193 e. The molecule has 11 atom stereocenters. The van der Waals surface area contributed by atoms with Gasteiger partial charge in [-0.1, -0.05) is 44.2 Å². The summed E-state index contributed by atoms with van der Waals surface area (Å²) in [6.07, 6.45) is 4.20. The first kappa shape index (κ1) is 30.4. The van der Waals surface area contributed by atoms with Crippen molar-refractivity contribution in [2.45, 2.75) is 134 Å². The number of hydrogen-bond donors (Lipinski definition) is 4. The largest absolute Gasteiger partial charge is 0.390 e. The van der Waals surface area contributed by atoms with Crippen molar-refractivity contribution in [3.8, 4) is 0 Å². The maximum absolute atomic E-state index is 13.6. The average Bonchev–Trinajstić information content (AvgIpc) is 3.35. The molecular weight excluding hydrogens is 532 g/mol. The summed E-state index contributed by atoms with van der Waals surface area (Å²) in [6, 6.07) is 9.96. The highest BCUT2D eigenvalue weighted by Crippen LogP contribution is 2.70. The number of carbonyl (C=O) groups excluding carboxylic acids is 1. The van der Waals surface area contributed by atoms with Crippen LogP contribution in [0.5, 0.6) is 0 Å². The van der Waals surface area contributed by atoms with E-state index in [2.05, 4.69) is 20.8 Å². The van der Waals surface area contributed by atoms with E-state index in [1.807, 2.05) is 51.1 Å². The molecule has 7 nitrogen and oxygen atoms in total. The van der Waals surface area contributed by atoms with E-state index in [1.165, 1.54) is 0 Å². The van der Waals surface area contributed by atoms with Gasteiger partial charge in [0.25, 0.3) is 0 Å². The summed E-state index contributed by atoms with van der Waals surface area (Å²) in [7, 11) is 0. The minimum Gasteiger partial charge on any atom is -0.390 e. The first-order chi connectivity index (χ1) is 19.5. The zero-order valence-corrected chi connectivity index (χ0v) is 26.1. The van der Waals surface area contributed by atoms with E-state index in [9.17, 15) is 25.2 Å². The molecular formula is C35H50O7. The molecule has 0 aromatic heterocycles. The fourth-order valence-electron chi connectivity index (χ4n) is 10.2. The highest BCUT2D eigenvalue weighted by Gasteiger charge is 2.71. The van der Waals surface area contributed by atoms with Gasteiger partial charge in [0.05, 0.1) is 35.1 Å². The van der Waals surface area contributed by atoms with Crippen LogP contribution < -0.4 is 0 Å². The Morgan fingerprint density at radius 3 is 2.33 bits per heavy atom. The topological polar surface area (TPSA) is 116 Å². The van der Waals surface area contributed by atoms with E-state index in [0.29, 0.717) is 25.7 Å². The number of ketones is 1. The summed E-state index contributed by atoms with van der Waals surface area (Å²) < 4.78 is 13.9. The summed E-state index contributed by atoms with van der Waals surface area (Å²) in [5, 5.41) is 44.5. The Hall–Kier alpha value is -1.61. The minimum atomic E-state index is -1.19. The van der Waals surface area contributed by atoms with Crippen molar-refractivity contribution in [3.63, 3.8) is 0 Å². The predicted molar refractivity (Wildman–Crippen MR) is 158 cm³/mol. The fourth-order valence-corrected chi connectivity index (χ4v) is 10.2. The molecule has 0 radical (unpaired) electrons. The highest BCUT2D eigenvalue weighted by molar-refractivity contribution is 5.95. The zero-order valence-electron chi connectivity index (χ0n) is 26.1. The van der Waals surface area contributed by atoms with Crippen molar-refractivity contribution in [1.29, 1.82) is 0 Å². The Morgan fingerprint density at radius 2 is 1.67 bits per heavy atom. The third kappa shape index (κ3) is 4.33. The van der Waals surface area contributed by atoms with Gasteiger partial charge in [0, 0.05) is 16.9 Å². The van der Waals surface area contributed by atoms with Gasteiger partial charge in [-0.15, -0.1) is 0 Å². The second-order valence-corrected chi connectivity index (χ2v) is 15.7. The van der Waals surface area contributed by atoms with Gasteiger partial charge in [0.1, 0.15) is 0 Å². The van der Waals surface area contributed by atoms with Gasteiger partial charge < -0.3 is 29.9 Å². The zero-order chi connectivity index (χ0) is 30.5. The van der Waals surface area contributed by atoms with Crippen LogP contribution in [-0.2, 0) is 20.1 Å². The molecule has 232 valence electrons. The van der Waals surface area contributed by atoms with E-state index < -0.39 is 45.6 Å². The number of rotatable bonds is 5. The van der Waals surface area contributed by atoms with Crippen molar-refractivity contribution in [3.05, 3.63) is 47.5 Å². The monoisotopic (exact) mass is 582 g/mol. The second kappa shape index (κ2) is 9.69. The Morgan fingerprint density at radius 1 is 0.976 bits per heavy atom. The van der Waals surface area contributed by atoms with E-state index in [1.54, 1.807) is 6.08 Å². The van der Waals surface area contributed by atoms with Crippen LogP contribution in [0.1, 0.15) is 98.5 Å². The first-order valence-corrected chi connectivity index (χ1v) is 16.0. The van der Waals surface area contributed by atoms with Crippen LogP contribution in [0.3, 0.4) is 0 Å². The third-order valence-corrected chi connectivity index (χ3v) is 12.5. The lowest BCUT2D eigenvalue weighted by Gasteiger charge is -2.60. The molecule has 1 aliphatic heterocycles. The summed E-state index contributed by atoms with van der Waals surface area (Å²) in [4.78, 5) is 13.6. The number of allylic oxidation sites excluding steroid dienone is 1. The van der Waals surface area contributed by atoms with Crippen molar-refractivity contribution in [1.82, 2.24) is 0 Å². The lowest BCUT2D eigenvalue weighted by molar-refractivity contribution is -0.206. The van der Waals surface area contributed by atoms with Crippen LogP contribution in [0.15, 0.2) is 42.0 Å². The van der Waals surface area contributed by atoms with Crippen molar-refractivity contribution in [2.75, 3.05) is 0 Å². The van der Waals surface area contributed by atoms with Gasteiger partial charge in [-0.2, -0.15) is 0 Å². The smallest absolute Gasteiger partial charge is 0.193 e. The normalized spacial score (nSPS) is 48.8. The molecule has 4 N–H and O–H groups in total. The van der Waals surface area contributed by atoms with Crippen LogP contribution >= 0.6 is 0 Å². The number of ether oxygens (including phenoxy) is 2. The molecule has 3 saturated carbocycles. The molecule has 0 bridgehead atoms. The van der Waals surface area contributed by atoms with Crippen molar-refractivity contribution >= 4 is 5.78 Å². The number of aliphatic hydroxyl groups excluding tert-OH is 2. The molecule has 5 aliphatic rings. The van der Waals surface area contributed by atoms with Gasteiger partial charge in [-0.25, -0.2) is 0 Å². The Bertz CT molecular complexity index is 1260. The molecule has 2 unspecified atom stereocenters. The van der Waals surface area contributed by atoms with Crippen LogP contribution in [0.2, 0.25) is 0 Å². The lowest BCUT2D eigenvalue weighted by Crippen LogP contribution is -2.62. The van der Waals surface area contributed by atoms with Crippen LogP contribution in [0.25, 0.3) is 0 Å². The Balaban J connectivity index is 1.38. The molecule has 1 aromatic carbocycles. The SMILES string of the molecule is CC(C)(O)CC[C@H]1OC(C)(c2ccccc2)O[C@]1(C)[C@H]1CC[C@@]2(O)C3=CC(=O)[C@@H]4C[C@@H](O)[C@@H](O)C[C@]4(C)C3CC[C@]12C. The van der Waals surface area contributed by atoms with E-state index in [0.717, 1.165) is 30.4 Å². The lowest BCUT2D eigenvalue weighted by atomic mass is 9.45. The van der Waals surface area contributed by atoms with E-state index in [4.69, 9.17) is 9.47 Å². The molecule has 42 heavy (non-hydrogen) atoms. The number of aliphatic hydroxyl groups is 4. The highest BCUT2D eigenvalue weighted by atomic mass is 16.8. The Kier molecular flexibility index (Phi) is 7.02. The molecule has 0 amide bonds. The molecule has 6 rings (SSSR count). The predicted octanol–water partition coefficient (Wildman–Crippen LogP) is 4.79. The molecule has 4 aliphatic carbocycles. The summed E-state index contributed by atoms with van der Waals surface area (Å²) in [5.41, 5.74) is -2.13. The average molecular weight is 583 g/mol.